The number of nitrogens with zero attached hydrogens (tertiary/aromatic N) is 2. The molecule has 0 saturated heterocycles. The molecule has 3 aromatic rings. The predicted molar refractivity (Wildman–Crippen MR) is 95.4 cm³/mol. The van der Waals surface area contributed by atoms with Crippen LogP contribution < -0.4 is 10.6 Å². The highest BCUT2D eigenvalue weighted by Crippen LogP contribution is 2.22. The maximum absolute atomic E-state index is 13.9. The minimum Gasteiger partial charge on any atom is -0.369 e. The number of rotatable bonds is 5. The summed E-state index contributed by atoms with van der Waals surface area (Å²) in [6.45, 7) is 0.336. The van der Waals surface area contributed by atoms with Crippen LogP contribution in [0.4, 0.5) is 15.9 Å². The molecule has 2 aromatic carbocycles. The highest BCUT2D eigenvalue weighted by molar-refractivity contribution is 9.10. The van der Waals surface area contributed by atoms with Crippen molar-refractivity contribution in [1.29, 1.82) is 0 Å². The van der Waals surface area contributed by atoms with Crippen LogP contribution in [0.15, 0.2) is 53.3 Å². The highest BCUT2D eigenvalue weighted by atomic mass is 79.9. The lowest BCUT2D eigenvalue weighted by molar-refractivity contribution is -0.115. The third-order valence-corrected chi connectivity index (χ3v) is 3.91. The average Bonchev–Trinajstić information content (AvgIpc) is 2.57. The summed E-state index contributed by atoms with van der Waals surface area (Å²) in [5.74, 6) is -0.145. The molecule has 0 fully saturated rings. The molecule has 0 aliphatic carbocycles. The van der Waals surface area contributed by atoms with Gasteiger partial charge in [-0.3, -0.25) is 4.79 Å². The van der Waals surface area contributed by atoms with Crippen molar-refractivity contribution >= 4 is 44.2 Å². The van der Waals surface area contributed by atoms with Crippen molar-refractivity contribution in [2.75, 3.05) is 17.2 Å². The molecule has 1 heterocycles. The molecule has 0 bridgehead atoms. The quantitative estimate of drug-likeness (QED) is 0.693. The van der Waals surface area contributed by atoms with Crippen molar-refractivity contribution in [3.63, 3.8) is 0 Å². The van der Waals surface area contributed by atoms with Crippen LogP contribution in [0, 0.1) is 5.82 Å². The Morgan fingerprint density at radius 1 is 1.12 bits per heavy atom. The van der Waals surface area contributed by atoms with Crippen LogP contribution in [0.2, 0.25) is 0 Å². The molecule has 0 saturated carbocycles. The topological polar surface area (TPSA) is 66.9 Å². The Hall–Kier alpha value is -2.54. The Labute approximate surface area is 146 Å². The fraction of sp³-hybridized carbons (Fsp3) is 0.118. The Kier molecular flexibility index (Phi) is 5.00. The number of aromatic nitrogens is 2. The molecular formula is C17H14BrFN4O. The Bertz CT molecular complexity index is 865. The number of carbonyl (C=O) groups is 1. The molecular weight excluding hydrogens is 375 g/mol. The van der Waals surface area contributed by atoms with Gasteiger partial charge >= 0.3 is 0 Å². The summed E-state index contributed by atoms with van der Waals surface area (Å²) < 4.78 is 14.9. The second-order valence-corrected chi connectivity index (χ2v) is 6.00. The molecule has 5 nitrogen and oxygen atoms in total. The van der Waals surface area contributed by atoms with Gasteiger partial charge in [0.05, 0.1) is 10.9 Å². The monoisotopic (exact) mass is 388 g/mol. The van der Waals surface area contributed by atoms with E-state index < -0.39 is 5.82 Å². The van der Waals surface area contributed by atoms with Crippen LogP contribution in [0.1, 0.15) is 6.42 Å². The number of hydrogen-bond donors (Lipinski definition) is 2. The Morgan fingerprint density at radius 2 is 1.92 bits per heavy atom. The zero-order valence-electron chi connectivity index (χ0n) is 12.6. The van der Waals surface area contributed by atoms with Gasteiger partial charge in [-0.15, -0.1) is 0 Å². The van der Waals surface area contributed by atoms with Gasteiger partial charge in [-0.1, -0.05) is 22.0 Å². The number of benzene rings is 2. The first-order valence-corrected chi connectivity index (χ1v) is 8.11. The van der Waals surface area contributed by atoms with Crippen molar-refractivity contribution in [3.05, 3.63) is 59.1 Å². The second-order valence-electron chi connectivity index (χ2n) is 5.09. The fourth-order valence-corrected chi connectivity index (χ4v) is 2.52. The summed E-state index contributed by atoms with van der Waals surface area (Å²) in [4.78, 5) is 20.0. The first kappa shape index (κ1) is 16.3. The summed E-state index contributed by atoms with van der Waals surface area (Å²) in [7, 11) is 0. The van der Waals surface area contributed by atoms with Crippen LogP contribution in [-0.4, -0.2) is 22.4 Å². The van der Waals surface area contributed by atoms with Crippen LogP contribution in [0.25, 0.3) is 10.9 Å². The lowest BCUT2D eigenvalue weighted by Gasteiger charge is -2.09. The molecule has 0 spiro atoms. The van der Waals surface area contributed by atoms with E-state index in [0.717, 1.165) is 10.2 Å². The van der Waals surface area contributed by atoms with Crippen molar-refractivity contribution in [3.8, 4) is 0 Å². The third kappa shape index (κ3) is 3.86. The van der Waals surface area contributed by atoms with Crippen LogP contribution in [0.3, 0.4) is 0 Å². The van der Waals surface area contributed by atoms with E-state index in [1.165, 1.54) is 12.4 Å². The van der Waals surface area contributed by atoms with Gasteiger partial charge in [-0.25, -0.2) is 14.4 Å². The Morgan fingerprint density at radius 3 is 2.71 bits per heavy atom. The molecule has 122 valence electrons. The number of fused-ring (bicyclic) bond motifs is 1. The Balaban J connectivity index is 1.60. The second kappa shape index (κ2) is 7.35. The fourth-order valence-electron chi connectivity index (χ4n) is 2.25. The molecule has 7 heteroatoms. The first-order chi connectivity index (χ1) is 11.6. The number of halogens is 2. The normalized spacial score (nSPS) is 10.6. The molecule has 0 atom stereocenters. The molecule has 1 aromatic heterocycles. The molecule has 0 unspecified atom stereocenters. The van der Waals surface area contributed by atoms with Gasteiger partial charge in [0.25, 0.3) is 0 Å². The third-order valence-electron chi connectivity index (χ3n) is 3.38. The summed E-state index contributed by atoms with van der Waals surface area (Å²) in [6, 6.07) is 12.0. The lowest BCUT2D eigenvalue weighted by atomic mass is 10.2. The van der Waals surface area contributed by atoms with E-state index in [9.17, 15) is 9.18 Å². The summed E-state index contributed by atoms with van der Waals surface area (Å²) >= 11 is 3.34. The van der Waals surface area contributed by atoms with E-state index in [1.807, 2.05) is 24.3 Å². The van der Waals surface area contributed by atoms with Crippen LogP contribution in [0.5, 0.6) is 0 Å². The van der Waals surface area contributed by atoms with E-state index in [-0.39, 0.29) is 12.3 Å². The molecule has 0 aliphatic heterocycles. The van der Waals surface area contributed by atoms with Gasteiger partial charge < -0.3 is 10.6 Å². The first-order valence-electron chi connectivity index (χ1n) is 7.32. The van der Waals surface area contributed by atoms with E-state index in [0.29, 0.717) is 23.3 Å². The number of carbonyl (C=O) groups excluding carboxylic acids is 1. The minimum absolute atomic E-state index is 0.136. The average molecular weight is 389 g/mol. The minimum atomic E-state index is -0.394. The maximum Gasteiger partial charge on any atom is 0.226 e. The van der Waals surface area contributed by atoms with Gasteiger partial charge in [0.15, 0.2) is 0 Å². The van der Waals surface area contributed by atoms with Gasteiger partial charge in [0.2, 0.25) is 5.91 Å². The standard InChI is InChI=1S/C17H14BrFN4O/c18-11-4-6-12(7-5-11)23-15(24)8-9-20-17-16-13(19)2-1-3-14(16)21-10-22-17/h1-7,10H,8-9H2,(H,23,24)(H,20,21,22). The maximum atomic E-state index is 13.9. The van der Waals surface area contributed by atoms with Crippen LogP contribution in [-0.2, 0) is 4.79 Å². The summed E-state index contributed by atoms with van der Waals surface area (Å²) in [5, 5.41) is 6.12. The zero-order valence-corrected chi connectivity index (χ0v) is 14.2. The van der Waals surface area contributed by atoms with Crippen molar-refractivity contribution in [1.82, 2.24) is 9.97 Å². The molecule has 24 heavy (non-hydrogen) atoms. The van der Waals surface area contributed by atoms with Gasteiger partial charge in [-0.2, -0.15) is 0 Å². The van der Waals surface area contributed by atoms with Gasteiger partial charge in [0.1, 0.15) is 18.0 Å². The van der Waals surface area contributed by atoms with E-state index in [1.54, 1.807) is 12.1 Å². The predicted octanol–water partition coefficient (Wildman–Crippen LogP) is 3.97. The van der Waals surface area contributed by atoms with Gasteiger partial charge in [-0.05, 0) is 36.4 Å². The highest BCUT2D eigenvalue weighted by Gasteiger charge is 2.09. The molecule has 1 amide bonds. The molecule has 3 rings (SSSR count). The van der Waals surface area contributed by atoms with E-state index in [2.05, 4.69) is 36.5 Å². The number of amides is 1. The van der Waals surface area contributed by atoms with Crippen molar-refractivity contribution in [2.45, 2.75) is 6.42 Å². The summed E-state index contributed by atoms with van der Waals surface area (Å²) in [6.07, 6.45) is 1.60. The number of nitrogens with one attached hydrogen (secondary N) is 2. The van der Waals surface area contributed by atoms with Gasteiger partial charge in [0, 0.05) is 23.1 Å². The van der Waals surface area contributed by atoms with E-state index in [4.69, 9.17) is 0 Å². The SMILES string of the molecule is O=C(CCNc1ncnc2cccc(F)c12)Nc1ccc(Br)cc1. The number of anilines is 2. The zero-order chi connectivity index (χ0) is 16.9. The lowest BCUT2D eigenvalue weighted by Crippen LogP contribution is -2.16. The van der Waals surface area contributed by atoms with E-state index >= 15 is 0 Å². The smallest absolute Gasteiger partial charge is 0.226 e. The summed E-state index contributed by atoms with van der Waals surface area (Å²) in [5.41, 5.74) is 1.24. The van der Waals surface area contributed by atoms with Crippen molar-refractivity contribution < 1.29 is 9.18 Å². The molecule has 0 radical (unpaired) electrons. The van der Waals surface area contributed by atoms with Crippen molar-refractivity contribution in [2.24, 2.45) is 0 Å². The van der Waals surface area contributed by atoms with Crippen LogP contribution >= 0.6 is 15.9 Å². The molecule has 0 aliphatic rings. The molecule has 2 N–H and O–H groups in total. The number of hydrogen-bond acceptors (Lipinski definition) is 4. The largest absolute Gasteiger partial charge is 0.369 e.